The van der Waals surface area contributed by atoms with E-state index in [1.807, 2.05) is 19.2 Å². The Bertz CT molecular complexity index is 1270. The minimum Gasteiger partial charge on any atom is -0.444 e. The Morgan fingerprint density at radius 2 is 1.87 bits per heavy atom. The van der Waals surface area contributed by atoms with Crippen molar-refractivity contribution in [1.29, 1.82) is 0 Å². The van der Waals surface area contributed by atoms with Gasteiger partial charge in [-0.1, -0.05) is 20.8 Å². The van der Waals surface area contributed by atoms with Crippen molar-refractivity contribution >= 4 is 41.8 Å². The first kappa shape index (κ1) is 27.9. The second-order valence-corrected chi connectivity index (χ2v) is 19.0. The van der Waals surface area contributed by atoms with Crippen LogP contribution in [0.1, 0.15) is 67.1 Å². The maximum atomic E-state index is 12.4. The lowest BCUT2D eigenvalue weighted by Crippen LogP contribution is -2.45. The normalized spacial score (nSPS) is 32.2. The summed E-state index contributed by atoms with van der Waals surface area (Å²) in [4.78, 5) is 21.2. The minimum atomic E-state index is -2.22. The number of ether oxygens (including phenoxy) is 4. The van der Waals surface area contributed by atoms with E-state index in [1.54, 1.807) is 20.8 Å². The molecule has 1 spiro atoms. The largest absolute Gasteiger partial charge is 0.444 e. The second-order valence-electron chi connectivity index (χ2n) is 13.4. The van der Waals surface area contributed by atoms with E-state index in [0.29, 0.717) is 16.0 Å². The van der Waals surface area contributed by atoms with Crippen LogP contribution in [0.5, 0.6) is 0 Å². The van der Waals surface area contributed by atoms with Crippen molar-refractivity contribution in [2.24, 2.45) is 0 Å². The van der Waals surface area contributed by atoms with E-state index < -0.39 is 55.3 Å². The fraction of sp³-hybridized carbons (Fsp3) is 0.731. The van der Waals surface area contributed by atoms with Gasteiger partial charge in [-0.2, -0.15) is 0 Å². The van der Waals surface area contributed by atoms with Gasteiger partial charge < -0.3 is 28.5 Å². The molecule has 5 atom stereocenters. The van der Waals surface area contributed by atoms with Crippen molar-refractivity contribution in [2.75, 3.05) is 11.9 Å². The van der Waals surface area contributed by atoms with Gasteiger partial charge in [0.15, 0.2) is 31.1 Å². The number of nitrogens with one attached hydrogen (secondary N) is 1. The number of carbonyl (C=O) groups excluding carboxylic acids is 1. The Hall–Kier alpha value is -1.67. The Labute approximate surface area is 228 Å². The molecule has 1 saturated carbocycles. The predicted molar refractivity (Wildman–Crippen MR) is 146 cm³/mol. The van der Waals surface area contributed by atoms with Crippen LogP contribution in [0.15, 0.2) is 11.7 Å². The monoisotopic (exact) mass is 565 g/mol. The highest BCUT2D eigenvalue weighted by Crippen LogP contribution is 2.72. The summed E-state index contributed by atoms with van der Waals surface area (Å²) in [5.74, 6) is -0.526. The van der Waals surface area contributed by atoms with E-state index >= 15 is 0 Å². The number of aromatic nitrogens is 2. The molecule has 2 aliphatic heterocycles. The van der Waals surface area contributed by atoms with E-state index in [0.717, 1.165) is 5.56 Å². The molecule has 3 fully saturated rings. The van der Waals surface area contributed by atoms with Gasteiger partial charge in [0.2, 0.25) is 0 Å². The van der Waals surface area contributed by atoms with Crippen molar-refractivity contribution in [2.45, 2.75) is 114 Å². The van der Waals surface area contributed by atoms with Gasteiger partial charge in [-0.05, 0) is 58.1 Å². The summed E-state index contributed by atoms with van der Waals surface area (Å²) in [7, 11) is -2.22. The lowest BCUT2D eigenvalue weighted by molar-refractivity contribution is -0.191. The van der Waals surface area contributed by atoms with Gasteiger partial charge in [0.1, 0.15) is 30.2 Å². The number of carbonyl (C=O) groups is 1. The molecule has 0 bridgehead atoms. The molecule has 1 unspecified atom stereocenters. The average Bonchev–Trinajstić information content (AvgIpc) is 3.12. The first-order chi connectivity index (χ1) is 17.4. The highest BCUT2D eigenvalue weighted by atomic mass is 32.1. The highest BCUT2D eigenvalue weighted by molar-refractivity contribution is 7.18. The van der Waals surface area contributed by atoms with Gasteiger partial charge in [-0.3, -0.25) is 5.32 Å². The first-order valence-electron chi connectivity index (χ1n) is 12.9. The third-order valence-electron chi connectivity index (χ3n) is 8.01. The Balaban J connectivity index is 1.49. The predicted octanol–water partition coefficient (Wildman–Crippen LogP) is 5.14. The van der Waals surface area contributed by atoms with Crippen molar-refractivity contribution < 1.29 is 33.3 Å². The number of thiophene rings is 1. The van der Waals surface area contributed by atoms with Gasteiger partial charge in [0.05, 0.1) is 16.8 Å². The Kier molecular flexibility index (Phi) is 6.17. The molecule has 2 N–H and O–H groups in total. The number of aliphatic hydroxyl groups is 1. The van der Waals surface area contributed by atoms with Crippen LogP contribution in [0.4, 0.5) is 10.6 Å². The number of anilines is 1. The Morgan fingerprint density at radius 3 is 2.47 bits per heavy atom. The molecule has 10 nitrogen and oxygen atoms in total. The summed E-state index contributed by atoms with van der Waals surface area (Å²) < 4.78 is 32.6. The van der Waals surface area contributed by atoms with Crippen LogP contribution in [0.2, 0.25) is 18.1 Å². The van der Waals surface area contributed by atoms with Crippen molar-refractivity contribution in [3.63, 3.8) is 0 Å². The highest BCUT2D eigenvalue weighted by Gasteiger charge is 2.93. The molecule has 38 heavy (non-hydrogen) atoms. The van der Waals surface area contributed by atoms with E-state index in [1.165, 1.54) is 17.7 Å². The smallest absolute Gasteiger partial charge is 0.413 e. The van der Waals surface area contributed by atoms with Gasteiger partial charge >= 0.3 is 6.09 Å². The fourth-order valence-electron chi connectivity index (χ4n) is 5.29. The van der Waals surface area contributed by atoms with E-state index in [9.17, 15) is 9.90 Å². The zero-order valence-electron chi connectivity index (χ0n) is 23.8. The van der Waals surface area contributed by atoms with Crippen LogP contribution in [0.25, 0.3) is 10.2 Å². The van der Waals surface area contributed by atoms with Gasteiger partial charge in [0.25, 0.3) is 0 Å². The van der Waals surface area contributed by atoms with Gasteiger partial charge in [0, 0.05) is 5.56 Å². The molecule has 12 heteroatoms. The van der Waals surface area contributed by atoms with E-state index in [-0.39, 0.29) is 11.6 Å². The van der Waals surface area contributed by atoms with Crippen LogP contribution in [-0.4, -0.2) is 70.9 Å². The summed E-state index contributed by atoms with van der Waals surface area (Å²) in [5, 5.41) is 15.3. The number of hydrogen-bond acceptors (Lipinski definition) is 10. The fourth-order valence-corrected chi connectivity index (χ4v) is 7.59. The van der Waals surface area contributed by atoms with Crippen LogP contribution >= 0.6 is 11.3 Å². The number of amides is 1. The molecule has 1 aliphatic carbocycles. The van der Waals surface area contributed by atoms with Crippen LogP contribution in [-0.2, 0) is 23.4 Å². The second kappa shape index (κ2) is 8.42. The summed E-state index contributed by atoms with van der Waals surface area (Å²) in [6.45, 7) is 19.8. The number of fused-ring (bicyclic) bond motifs is 1. The quantitative estimate of drug-likeness (QED) is 0.475. The molecule has 0 radical (unpaired) electrons. The molecule has 5 rings (SSSR count). The zero-order valence-corrected chi connectivity index (χ0v) is 25.6. The molecule has 2 aromatic rings. The third kappa shape index (κ3) is 4.11. The maximum absolute atomic E-state index is 12.4. The van der Waals surface area contributed by atoms with E-state index in [2.05, 4.69) is 49.1 Å². The molecule has 2 aromatic heterocycles. The summed E-state index contributed by atoms with van der Waals surface area (Å²) >= 11 is 1.40. The van der Waals surface area contributed by atoms with Gasteiger partial charge in [-0.15, -0.1) is 11.3 Å². The molecular formula is C26H39N3O7SSi. The number of aliphatic hydroxyl groups excluding tert-OH is 1. The van der Waals surface area contributed by atoms with Crippen LogP contribution in [0.3, 0.4) is 0 Å². The summed E-state index contributed by atoms with van der Waals surface area (Å²) in [6, 6.07) is 0. The van der Waals surface area contributed by atoms with Gasteiger partial charge in [-0.25, -0.2) is 14.8 Å². The zero-order chi connectivity index (χ0) is 28.1. The third-order valence-corrected chi connectivity index (χ3v) is 13.4. The maximum Gasteiger partial charge on any atom is 0.413 e. The van der Waals surface area contributed by atoms with Crippen molar-refractivity contribution in [3.05, 3.63) is 17.3 Å². The van der Waals surface area contributed by atoms with Crippen LogP contribution in [0, 0.1) is 0 Å². The minimum absolute atomic E-state index is 0.0287. The molecule has 4 heterocycles. The van der Waals surface area contributed by atoms with E-state index in [4.69, 9.17) is 23.4 Å². The average molecular weight is 566 g/mol. The summed E-state index contributed by atoms with van der Waals surface area (Å²) in [6.07, 6.45) is -0.718. The number of rotatable bonds is 5. The van der Waals surface area contributed by atoms with Crippen LogP contribution < -0.4 is 5.32 Å². The molecule has 1 amide bonds. The molecule has 0 aromatic carbocycles. The van der Waals surface area contributed by atoms with Crippen molar-refractivity contribution in [1.82, 2.24) is 9.97 Å². The number of nitrogens with zero attached hydrogens (tertiary/aromatic N) is 2. The molecule has 3 aliphatic rings. The lowest BCUT2D eigenvalue weighted by atomic mass is 10.0. The Morgan fingerprint density at radius 1 is 1.18 bits per heavy atom. The topological polar surface area (TPSA) is 121 Å². The number of hydrogen-bond donors (Lipinski definition) is 2. The molecule has 2 saturated heterocycles. The first-order valence-corrected chi connectivity index (χ1v) is 16.7. The summed E-state index contributed by atoms with van der Waals surface area (Å²) in [5.41, 5.74) is -1.20. The standard InChI is InChI=1S/C26H39N3O7SSi/c1-22(2,3)34-21(31)29-19-17-15(27-13-28-19)14(11-37-17)16-18-26(36-24(7,8)33-18)20(25(26,12-30)32-16)35-38(9,10)23(4,5)6/h11,13,16,18,20,30H,12H2,1-10H3,(H,27,28,29,31)/t16-,18-,20?,25+,26+/m0/s1. The molecular weight excluding hydrogens is 526 g/mol. The lowest BCUT2D eigenvalue weighted by Gasteiger charge is -2.38. The molecule has 210 valence electrons. The SMILES string of the molecule is CC(C)(C)OC(=O)Nc1ncnc2c([C@@H]3O[C@]4(CO)C(O[Si](C)(C)C(C)(C)C)[C@@]45OC(C)(C)O[C@@H]35)csc12. The van der Waals surface area contributed by atoms with Crippen molar-refractivity contribution in [3.8, 4) is 0 Å².